The number of piperidine rings is 2. The fraction of sp³-hybridized carbons (Fsp3) is 0.233. The standard InChI is InChI=1S/C31H29NO.C12H15NO2S.ClH/c33-30-21-22-32(24-26(30)23-25-13-5-1-6-14-25)31(27-15-7-2-8-16-27,28-17-9-3-10-18-28)29-19-11-4-12-20-29;1-9(14)16-12-2-4-13-7-11(12)6-10-3-5-15-8-10;/h1-20,23,30,33H,21-22,24H2;3,5-6,8,12-13H,2,4,7H2,1H3;1H/b26-23+;11-6+;. The zero-order valence-corrected chi connectivity index (χ0v) is 30.0. The molecule has 2 atom stereocenters. The van der Waals surface area contributed by atoms with E-state index in [2.05, 4.69) is 125 Å². The van der Waals surface area contributed by atoms with Crippen LogP contribution in [0, 0.1) is 0 Å². The minimum Gasteiger partial charge on any atom is -0.472 e. The van der Waals surface area contributed by atoms with Crippen LogP contribution in [0.2, 0.25) is 0 Å². The number of carbonyl (C=O) groups is 1. The lowest BCUT2D eigenvalue weighted by atomic mass is 9.74. The second-order valence-electron chi connectivity index (χ2n) is 12.5. The Morgan fingerprint density at radius 3 is 1.84 bits per heavy atom. The Bertz CT molecular complexity index is 1720. The summed E-state index contributed by atoms with van der Waals surface area (Å²) in [7, 11) is 0. The molecular formula is C43H45ClN2O3S. The highest BCUT2D eigenvalue weighted by Gasteiger charge is 2.44. The number of nitrogens with zero attached hydrogens (tertiary/aromatic N) is 1. The maximum absolute atomic E-state index is 11.2. The average Bonchev–Trinajstić information content (AvgIpc) is 3.66. The van der Waals surface area contributed by atoms with Crippen molar-refractivity contribution in [2.45, 2.75) is 36.7 Å². The van der Waals surface area contributed by atoms with E-state index in [1.807, 2.05) is 24.3 Å². The highest BCUT2D eigenvalue weighted by atomic mass is 35.5. The van der Waals surface area contributed by atoms with Gasteiger partial charge >= 0.3 is 0 Å². The summed E-state index contributed by atoms with van der Waals surface area (Å²) >= 11 is 1.43. The number of halogens is 1. The van der Waals surface area contributed by atoms with Gasteiger partial charge in [0.1, 0.15) is 0 Å². The Morgan fingerprint density at radius 1 is 0.780 bits per heavy atom. The normalized spacial score (nSPS) is 19.6. The van der Waals surface area contributed by atoms with E-state index < -0.39 is 11.6 Å². The van der Waals surface area contributed by atoms with Crippen LogP contribution >= 0.6 is 24.2 Å². The lowest BCUT2D eigenvalue weighted by Gasteiger charge is -2.48. The quantitative estimate of drug-likeness (QED) is 0.165. The van der Waals surface area contributed by atoms with E-state index in [9.17, 15) is 9.90 Å². The van der Waals surface area contributed by atoms with E-state index in [0.717, 1.165) is 42.8 Å². The third-order valence-electron chi connectivity index (χ3n) is 9.20. The zero-order chi connectivity index (χ0) is 33.9. The molecule has 5 aromatic rings. The van der Waals surface area contributed by atoms with E-state index in [-0.39, 0.29) is 17.5 Å². The molecule has 2 unspecified atom stereocenters. The first kappa shape index (κ1) is 37.1. The van der Waals surface area contributed by atoms with Crippen molar-refractivity contribution in [1.29, 1.82) is 0 Å². The van der Waals surface area contributed by atoms with E-state index in [1.165, 1.54) is 34.0 Å². The number of likely N-dealkylation sites (tertiary alicyclic amines) is 1. The SMILES string of the molecule is CC(=O)SC1CCNC/C1=C\c1ccoc1.Cl.OC1CCN(C(c2ccccc2)(c2ccccc2)c2ccccc2)C/C1=C\c1ccccc1. The van der Waals surface area contributed by atoms with Crippen LogP contribution in [0.4, 0.5) is 0 Å². The molecule has 2 saturated heterocycles. The van der Waals surface area contributed by atoms with Gasteiger partial charge in [0.05, 0.1) is 24.2 Å². The van der Waals surface area contributed by atoms with Crippen LogP contribution in [0.1, 0.15) is 47.6 Å². The molecule has 2 aliphatic heterocycles. The molecule has 3 heterocycles. The Balaban J connectivity index is 0.000000241. The molecule has 2 N–H and O–H groups in total. The Hall–Kier alpha value is -4.17. The van der Waals surface area contributed by atoms with E-state index >= 15 is 0 Å². The number of furan rings is 1. The minimum absolute atomic E-state index is 0. The van der Waals surface area contributed by atoms with Crippen molar-refractivity contribution in [3.05, 3.63) is 179 Å². The molecule has 1 aromatic heterocycles. The van der Waals surface area contributed by atoms with Crippen LogP contribution in [-0.4, -0.2) is 52.7 Å². The van der Waals surface area contributed by atoms with E-state index in [1.54, 1.807) is 19.5 Å². The molecule has 2 fully saturated rings. The van der Waals surface area contributed by atoms with Gasteiger partial charge in [0.15, 0.2) is 5.12 Å². The molecule has 50 heavy (non-hydrogen) atoms. The summed E-state index contributed by atoms with van der Waals surface area (Å²) in [6.45, 7) is 4.95. The summed E-state index contributed by atoms with van der Waals surface area (Å²) in [4.78, 5) is 13.7. The van der Waals surface area contributed by atoms with Gasteiger partial charge in [-0.15, -0.1) is 12.4 Å². The number of nitrogens with one attached hydrogen (secondary N) is 1. The van der Waals surface area contributed by atoms with Crippen molar-refractivity contribution in [3.63, 3.8) is 0 Å². The van der Waals surface area contributed by atoms with E-state index in [4.69, 9.17) is 4.42 Å². The molecule has 0 saturated carbocycles. The van der Waals surface area contributed by atoms with E-state index in [0.29, 0.717) is 18.2 Å². The van der Waals surface area contributed by atoms with Gasteiger partial charge in [-0.25, -0.2) is 0 Å². The minimum atomic E-state index is -0.459. The number of rotatable bonds is 7. The molecule has 0 spiro atoms. The summed E-state index contributed by atoms with van der Waals surface area (Å²) in [6, 6.07) is 44.5. The molecule has 0 amide bonds. The number of aliphatic hydroxyl groups is 1. The molecular weight excluding hydrogens is 660 g/mol. The third-order valence-corrected chi connectivity index (χ3v) is 10.4. The fourth-order valence-electron chi connectivity index (χ4n) is 6.96. The molecule has 0 aliphatic carbocycles. The van der Waals surface area contributed by atoms with Crippen LogP contribution in [0.15, 0.2) is 155 Å². The van der Waals surface area contributed by atoms with Crippen LogP contribution in [0.3, 0.4) is 0 Å². The summed E-state index contributed by atoms with van der Waals surface area (Å²) < 4.78 is 5.03. The van der Waals surface area contributed by atoms with Crippen molar-refractivity contribution >= 4 is 41.4 Å². The van der Waals surface area contributed by atoms with Gasteiger partial charge in [-0.05, 0) is 58.9 Å². The maximum Gasteiger partial charge on any atom is 0.186 e. The smallest absolute Gasteiger partial charge is 0.186 e. The van der Waals surface area contributed by atoms with Crippen LogP contribution in [0.5, 0.6) is 0 Å². The van der Waals surface area contributed by atoms with Gasteiger partial charge in [0.2, 0.25) is 0 Å². The maximum atomic E-state index is 11.2. The Kier molecular flexibility index (Phi) is 13.5. The van der Waals surface area contributed by atoms with Gasteiger partial charge in [0, 0.05) is 37.4 Å². The molecule has 258 valence electrons. The lowest BCUT2D eigenvalue weighted by molar-refractivity contribution is -0.109. The van der Waals surface area contributed by atoms with Gasteiger partial charge in [-0.3, -0.25) is 9.69 Å². The number of carbonyl (C=O) groups excluding carboxylic acids is 1. The van der Waals surface area contributed by atoms with Gasteiger partial charge in [-0.1, -0.05) is 145 Å². The van der Waals surface area contributed by atoms with Crippen molar-refractivity contribution in [3.8, 4) is 0 Å². The average molecular weight is 705 g/mol. The van der Waals surface area contributed by atoms with Crippen LogP contribution < -0.4 is 5.32 Å². The summed E-state index contributed by atoms with van der Waals surface area (Å²) in [5, 5.41) is 14.8. The molecule has 2 aliphatic rings. The van der Waals surface area contributed by atoms with Crippen molar-refractivity contribution < 1.29 is 14.3 Å². The Morgan fingerprint density at radius 2 is 1.32 bits per heavy atom. The summed E-state index contributed by atoms with van der Waals surface area (Å²) in [5.41, 5.74) is 7.76. The van der Waals surface area contributed by atoms with Crippen molar-refractivity contribution in [1.82, 2.24) is 10.2 Å². The number of benzene rings is 4. The highest BCUT2D eigenvalue weighted by Crippen LogP contribution is 2.44. The molecule has 0 radical (unpaired) electrons. The molecule has 7 rings (SSSR count). The van der Waals surface area contributed by atoms with Crippen molar-refractivity contribution in [2.24, 2.45) is 0 Å². The molecule has 0 bridgehead atoms. The fourth-order valence-corrected chi connectivity index (χ4v) is 7.90. The highest BCUT2D eigenvalue weighted by molar-refractivity contribution is 8.14. The summed E-state index contributed by atoms with van der Waals surface area (Å²) in [6.07, 6.45) is 8.92. The second kappa shape index (κ2) is 18.2. The topological polar surface area (TPSA) is 65.7 Å². The molecule has 5 nitrogen and oxygen atoms in total. The van der Waals surface area contributed by atoms with Crippen LogP contribution in [-0.2, 0) is 10.3 Å². The zero-order valence-electron chi connectivity index (χ0n) is 28.4. The van der Waals surface area contributed by atoms with Gasteiger partial charge in [0.25, 0.3) is 0 Å². The monoisotopic (exact) mass is 704 g/mol. The number of aliphatic hydroxyl groups excluding tert-OH is 1. The van der Waals surface area contributed by atoms with Gasteiger partial charge < -0.3 is 14.8 Å². The first-order valence-corrected chi connectivity index (χ1v) is 17.9. The summed E-state index contributed by atoms with van der Waals surface area (Å²) in [5.74, 6) is 0. The predicted octanol–water partition coefficient (Wildman–Crippen LogP) is 8.86. The lowest BCUT2D eigenvalue weighted by Crippen LogP contribution is -2.52. The number of thioether (sulfide) groups is 1. The Labute approximate surface area is 306 Å². The number of hydrogen-bond donors (Lipinski definition) is 2. The largest absolute Gasteiger partial charge is 0.472 e. The predicted molar refractivity (Wildman–Crippen MR) is 209 cm³/mol. The third kappa shape index (κ3) is 8.94. The van der Waals surface area contributed by atoms with Crippen LogP contribution in [0.25, 0.3) is 12.2 Å². The first-order chi connectivity index (χ1) is 24.0. The number of hydrogen-bond acceptors (Lipinski definition) is 6. The molecule has 4 aromatic carbocycles. The van der Waals surface area contributed by atoms with Crippen molar-refractivity contribution in [2.75, 3.05) is 26.2 Å². The van der Waals surface area contributed by atoms with Gasteiger partial charge in [-0.2, -0.15) is 0 Å². The second-order valence-corrected chi connectivity index (χ2v) is 13.9. The molecule has 7 heteroatoms. The first-order valence-electron chi connectivity index (χ1n) is 17.0.